The summed E-state index contributed by atoms with van der Waals surface area (Å²) in [6, 6.07) is 0. The fourth-order valence-electron chi connectivity index (χ4n) is 1.09. The van der Waals surface area contributed by atoms with Gasteiger partial charge < -0.3 is 10.2 Å². The molecule has 0 amide bonds. The number of carbonyl (C=O) groups is 2. The van der Waals surface area contributed by atoms with E-state index in [1.165, 1.54) is 6.92 Å². The van der Waals surface area contributed by atoms with Crippen LogP contribution in [0.5, 0.6) is 0 Å². The van der Waals surface area contributed by atoms with Crippen LogP contribution in [0.3, 0.4) is 0 Å². The SMILES string of the molecule is CCC(CCC=C(C)C(=O)O)C(=O)O. The van der Waals surface area contributed by atoms with Crippen molar-refractivity contribution in [2.75, 3.05) is 0 Å². The molecule has 0 aromatic rings. The summed E-state index contributed by atoms with van der Waals surface area (Å²) in [5.41, 5.74) is 0.269. The van der Waals surface area contributed by atoms with Crippen LogP contribution in [0.15, 0.2) is 11.6 Å². The van der Waals surface area contributed by atoms with Gasteiger partial charge in [-0.3, -0.25) is 4.79 Å². The second-order valence-corrected chi connectivity index (χ2v) is 3.21. The Morgan fingerprint density at radius 3 is 2.29 bits per heavy atom. The predicted molar refractivity (Wildman–Crippen MR) is 52.0 cm³/mol. The van der Waals surface area contributed by atoms with Crippen LogP contribution in [0.25, 0.3) is 0 Å². The summed E-state index contributed by atoms with van der Waals surface area (Å²) >= 11 is 0. The van der Waals surface area contributed by atoms with Crippen LogP contribution >= 0.6 is 0 Å². The summed E-state index contributed by atoms with van der Waals surface area (Å²) in [5, 5.41) is 17.2. The molecule has 0 bridgehead atoms. The highest BCUT2D eigenvalue weighted by molar-refractivity contribution is 5.85. The van der Waals surface area contributed by atoms with Crippen molar-refractivity contribution in [3.8, 4) is 0 Å². The van der Waals surface area contributed by atoms with Gasteiger partial charge in [0, 0.05) is 5.57 Å². The third-order valence-corrected chi connectivity index (χ3v) is 2.15. The van der Waals surface area contributed by atoms with Crippen LogP contribution in [0, 0.1) is 5.92 Å². The smallest absolute Gasteiger partial charge is 0.330 e. The Bertz CT molecular complexity index is 243. The van der Waals surface area contributed by atoms with Gasteiger partial charge in [-0.15, -0.1) is 0 Å². The highest BCUT2D eigenvalue weighted by atomic mass is 16.4. The van der Waals surface area contributed by atoms with E-state index in [-0.39, 0.29) is 11.5 Å². The molecule has 80 valence electrons. The second kappa shape index (κ2) is 6.18. The Balaban J connectivity index is 3.99. The average Bonchev–Trinajstić information content (AvgIpc) is 2.11. The van der Waals surface area contributed by atoms with Crippen LogP contribution in [0.4, 0.5) is 0 Å². The van der Waals surface area contributed by atoms with E-state index in [1.807, 2.05) is 6.92 Å². The zero-order valence-electron chi connectivity index (χ0n) is 8.49. The molecule has 4 heteroatoms. The largest absolute Gasteiger partial charge is 0.481 e. The maximum absolute atomic E-state index is 10.6. The van der Waals surface area contributed by atoms with Gasteiger partial charge in [0.2, 0.25) is 0 Å². The van der Waals surface area contributed by atoms with Crippen molar-refractivity contribution in [3.63, 3.8) is 0 Å². The van der Waals surface area contributed by atoms with Gasteiger partial charge in [0.15, 0.2) is 0 Å². The maximum atomic E-state index is 10.6. The first-order valence-corrected chi connectivity index (χ1v) is 4.61. The monoisotopic (exact) mass is 200 g/mol. The Morgan fingerprint density at radius 1 is 1.36 bits per heavy atom. The molecule has 0 saturated heterocycles. The van der Waals surface area contributed by atoms with Crippen LogP contribution in [0.1, 0.15) is 33.1 Å². The minimum atomic E-state index is -0.951. The van der Waals surface area contributed by atoms with E-state index < -0.39 is 11.9 Å². The summed E-state index contributed by atoms with van der Waals surface area (Å²) in [6.45, 7) is 3.32. The summed E-state index contributed by atoms with van der Waals surface area (Å²) in [7, 11) is 0. The molecule has 0 aliphatic rings. The molecule has 4 nitrogen and oxygen atoms in total. The number of hydrogen-bond acceptors (Lipinski definition) is 2. The van der Waals surface area contributed by atoms with Crippen LogP contribution in [0.2, 0.25) is 0 Å². The molecule has 2 N–H and O–H groups in total. The van der Waals surface area contributed by atoms with Crippen molar-refractivity contribution in [1.29, 1.82) is 0 Å². The molecule has 14 heavy (non-hydrogen) atoms. The van der Waals surface area contributed by atoms with Gasteiger partial charge in [-0.25, -0.2) is 4.79 Å². The Kier molecular flexibility index (Phi) is 5.60. The van der Waals surface area contributed by atoms with Crippen molar-refractivity contribution >= 4 is 11.9 Å². The van der Waals surface area contributed by atoms with Crippen molar-refractivity contribution in [3.05, 3.63) is 11.6 Å². The first-order valence-electron chi connectivity index (χ1n) is 4.61. The lowest BCUT2D eigenvalue weighted by molar-refractivity contribution is -0.142. The fraction of sp³-hybridized carbons (Fsp3) is 0.600. The van der Waals surface area contributed by atoms with Crippen molar-refractivity contribution in [2.24, 2.45) is 5.92 Å². The van der Waals surface area contributed by atoms with Crippen LogP contribution in [-0.2, 0) is 9.59 Å². The first kappa shape index (κ1) is 12.7. The molecular formula is C10H16O4. The van der Waals surface area contributed by atoms with E-state index in [4.69, 9.17) is 10.2 Å². The molecule has 0 aliphatic carbocycles. The van der Waals surface area contributed by atoms with Crippen molar-refractivity contribution in [1.82, 2.24) is 0 Å². The summed E-state index contributed by atoms with van der Waals surface area (Å²) in [6.07, 6.45) is 3.14. The molecule has 0 aliphatic heterocycles. The molecule has 0 saturated carbocycles. The van der Waals surface area contributed by atoms with Crippen LogP contribution < -0.4 is 0 Å². The number of allylic oxidation sites excluding steroid dienone is 1. The van der Waals surface area contributed by atoms with Crippen molar-refractivity contribution in [2.45, 2.75) is 33.1 Å². The number of carboxylic acid groups (broad SMARTS) is 2. The molecule has 0 rings (SSSR count). The minimum Gasteiger partial charge on any atom is -0.481 e. The standard InChI is InChI=1S/C10H16O4/c1-3-8(10(13)14)6-4-5-7(2)9(11)12/h5,8H,3-4,6H2,1-2H3,(H,11,12)(H,13,14). The topological polar surface area (TPSA) is 74.6 Å². The lowest BCUT2D eigenvalue weighted by atomic mass is 10.00. The zero-order chi connectivity index (χ0) is 11.1. The Labute approximate surface area is 83.2 Å². The number of hydrogen-bond donors (Lipinski definition) is 2. The van der Waals surface area contributed by atoms with Gasteiger partial charge in [-0.2, -0.15) is 0 Å². The van der Waals surface area contributed by atoms with Crippen molar-refractivity contribution < 1.29 is 19.8 Å². The van der Waals surface area contributed by atoms with Gasteiger partial charge in [-0.1, -0.05) is 13.0 Å². The third-order valence-electron chi connectivity index (χ3n) is 2.15. The number of rotatable bonds is 6. The van der Waals surface area contributed by atoms with E-state index >= 15 is 0 Å². The zero-order valence-corrected chi connectivity index (χ0v) is 8.49. The lowest BCUT2D eigenvalue weighted by Gasteiger charge is -2.06. The molecule has 0 aromatic heterocycles. The van der Waals surface area contributed by atoms with Gasteiger partial charge >= 0.3 is 11.9 Å². The first-order chi connectivity index (χ1) is 6.49. The van der Waals surface area contributed by atoms with E-state index in [0.29, 0.717) is 19.3 Å². The molecular weight excluding hydrogens is 184 g/mol. The van der Waals surface area contributed by atoms with Gasteiger partial charge in [0.25, 0.3) is 0 Å². The minimum absolute atomic E-state index is 0.269. The summed E-state index contributed by atoms with van der Waals surface area (Å²) in [5.74, 6) is -2.13. The molecule has 0 aromatic carbocycles. The van der Waals surface area contributed by atoms with E-state index in [9.17, 15) is 9.59 Å². The summed E-state index contributed by atoms with van der Waals surface area (Å²) in [4.78, 5) is 21.0. The van der Waals surface area contributed by atoms with Gasteiger partial charge in [-0.05, 0) is 26.2 Å². The molecule has 1 atom stereocenters. The molecule has 1 unspecified atom stereocenters. The van der Waals surface area contributed by atoms with Crippen LogP contribution in [-0.4, -0.2) is 22.2 Å². The lowest BCUT2D eigenvalue weighted by Crippen LogP contribution is -2.12. The Morgan fingerprint density at radius 2 is 1.93 bits per heavy atom. The fourth-order valence-corrected chi connectivity index (χ4v) is 1.09. The molecule has 0 fully saturated rings. The number of carboxylic acids is 2. The summed E-state index contributed by atoms with van der Waals surface area (Å²) < 4.78 is 0. The highest BCUT2D eigenvalue weighted by Gasteiger charge is 2.13. The van der Waals surface area contributed by atoms with Gasteiger partial charge in [0.05, 0.1) is 5.92 Å². The quantitative estimate of drug-likeness (QED) is 0.642. The molecule has 0 spiro atoms. The average molecular weight is 200 g/mol. The third kappa shape index (κ3) is 4.64. The Hall–Kier alpha value is -1.32. The van der Waals surface area contributed by atoms with E-state index in [0.717, 1.165) is 0 Å². The normalized spacial score (nSPS) is 13.7. The van der Waals surface area contributed by atoms with E-state index in [2.05, 4.69) is 0 Å². The maximum Gasteiger partial charge on any atom is 0.330 e. The van der Waals surface area contributed by atoms with Gasteiger partial charge in [0.1, 0.15) is 0 Å². The molecule has 0 heterocycles. The molecule has 0 radical (unpaired) electrons. The second-order valence-electron chi connectivity index (χ2n) is 3.21. The number of aliphatic carboxylic acids is 2. The highest BCUT2D eigenvalue weighted by Crippen LogP contribution is 2.12. The van der Waals surface area contributed by atoms with E-state index in [1.54, 1.807) is 6.08 Å². The predicted octanol–water partition coefficient (Wildman–Crippen LogP) is 1.91.